The third-order valence-electron chi connectivity index (χ3n) is 3.86. The summed E-state index contributed by atoms with van der Waals surface area (Å²) in [5.41, 5.74) is 1.68. The van der Waals surface area contributed by atoms with E-state index in [2.05, 4.69) is 5.32 Å². The Morgan fingerprint density at radius 1 is 1.07 bits per heavy atom. The number of nitrogens with one attached hydrogen (secondary N) is 1. The predicted octanol–water partition coefficient (Wildman–Crippen LogP) is 4.71. The van der Waals surface area contributed by atoms with Crippen LogP contribution in [-0.4, -0.2) is 16.6 Å². The smallest absolute Gasteiger partial charge is 0.269 e. The lowest BCUT2D eigenvalue weighted by molar-refractivity contribution is -0.384. The fraction of sp³-hybridized carbons (Fsp3) is 0.0476. The van der Waals surface area contributed by atoms with Crippen LogP contribution < -0.4 is 5.32 Å². The first-order valence-electron chi connectivity index (χ1n) is 8.37. The Kier molecular flexibility index (Phi) is 5.45. The largest absolute Gasteiger partial charge is 0.457 e. The monoisotopic (exact) mass is 376 g/mol. The number of rotatable bonds is 6. The molecule has 1 amide bonds. The normalized spacial score (nSPS) is 10.8. The van der Waals surface area contributed by atoms with Crippen LogP contribution in [-0.2, 0) is 4.79 Å². The van der Waals surface area contributed by atoms with E-state index in [1.807, 2.05) is 0 Å². The van der Waals surface area contributed by atoms with Gasteiger partial charge in [0, 0.05) is 35.9 Å². The van der Waals surface area contributed by atoms with Gasteiger partial charge in [-0.05, 0) is 48.6 Å². The molecule has 1 heterocycles. The first-order valence-corrected chi connectivity index (χ1v) is 8.37. The summed E-state index contributed by atoms with van der Waals surface area (Å²) in [5.74, 6) is 0.560. The van der Waals surface area contributed by atoms with Gasteiger partial charge >= 0.3 is 0 Å². The molecule has 0 radical (unpaired) electrons. The number of benzene rings is 2. The van der Waals surface area contributed by atoms with Gasteiger partial charge in [0.25, 0.3) is 5.69 Å². The average molecular weight is 376 g/mol. The third kappa shape index (κ3) is 4.59. The fourth-order valence-electron chi connectivity index (χ4n) is 2.55. The number of ketones is 1. The van der Waals surface area contributed by atoms with Crippen LogP contribution in [0.1, 0.15) is 23.0 Å². The van der Waals surface area contributed by atoms with Crippen LogP contribution in [0.5, 0.6) is 0 Å². The van der Waals surface area contributed by atoms with Crippen LogP contribution in [0.3, 0.4) is 0 Å². The summed E-state index contributed by atoms with van der Waals surface area (Å²) in [5, 5.41) is 13.3. The van der Waals surface area contributed by atoms with Crippen molar-refractivity contribution in [2.45, 2.75) is 6.92 Å². The Morgan fingerprint density at radius 2 is 1.82 bits per heavy atom. The molecular weight excluding hydrogens is 360 g/mol. The molecule has 0 fully saturated rings. The lowest BCUT2D eigenvalue weighted by Crippen LogP contribution is -2.06. The van der Waals surface area contributed by atoms with Gasteiger partial charge in [0.05, 0.1) is 4.92 Å². The number of non-ortho nitro benzene ring substituents is 1. The topological polar surface area (TPSA) is 102 Å². The molecule has 3 aromatic rings. The second kappa shape index (κ2) is 8.13. The fourth-order valence-corrected chi connectivity index (χ4v) is 2.55. The molecule has 0 atom stereocenters. The van der Waals surface area contributed by atoms with E-state index in [0.29, 0.717) is 28.3 Å². The molecule has 0 aliphatic rings. The number of amides is 1. The van der Waals surface area contributed by atoms with Crippen LogP contribution in [0, 0.1) is 10.1 Å². The lowest BCUT2D eigenvalue weighted by atomic mass is 10.1. The molecule has 0 spiro atoms. The number of carbonyl (C=O) groups is 2. The van der Waals surface area contributed by atoms with E-state index in [0.717, 1.165) is 0 Å². The average Bonchev–Trinajstić information content (AvgIpc) is 3.15. The maximum atomic E-state index is 12.3. The molecule has 7 heteroatoms. The van der Waals surface area contributed by atoms with Gasteiger partial charge in [-0.3, -0.25) is 19.7 Å². The van der Waals surface area contributed by atoms with Crippen molar-refractivity contribution in [3.8, 4) is 11.3 Å². The molecule has 0 aliphatic heterocycles. The second-order valence-electron chi connectivity index (χ2n) is 5.97. The first kappa shape index (κ1) is 18.8. The van der Waals surface area contributed by atoms with Gasteiger partial charge in [-0.15, -0.1) is 0 Å². The zero-order chi connectivity index (χ0) is 20.1. The molecule has 0 bridgehead atoms. The van der Waals surface area contributed by atoms with E-state index >= 15 is 0 Å². The van der Waals surface area contributed by atoms with Crippen LogP contribution in [0.25, 0.3) is 17.4 Å². The SMILES string of the molecule is CC(=O)Nc1cccc(C(=O)/C=C/c2ccc(-c3ccc([N+](=O)[O-])cc3)o2)c1. The zero-order valence-corrected chi connectivity index (χ0v) is 14.9. The quantitative estimate of drug-likeness (QED) is 0.290. The molecule has 2 aromatic carbocycles. The number of carbonyl (C=O) groups excluding carboxylic acids is 2. The van der Waals surface area contributed by atoms with Crippen LogP contribution in [0.2, 0.25) is 0 Å². The van der Waals surface area contributed by atoms with Gasteiger partial charge in [0.2, 0.25) is 5.91 Å². The summed E-state index contributed by atoms with van der Waals surface area (Å²) in [7, 11) is 0. The molecule has 140 valence electrons. The number of allylic oxidation sites excluding steroid dienone is 1. The first-order chi connectivity index (χ1) is 13.4. The second-order valence-corrected chi connectivity index (χ2v) is 5.97. The van der Waals surface area contributed by atoms with E-state index in [4.69, 9.17) is 4.42 Å². The van der Waals surface area contributed by atoms with Gasteiger partial charge in [0.15, 0.2) is 5.78 Å². The highest BCUT2D eigenvalue weighted by atomic mass is 16.6. The molecule has 1 aromatic heterocycles. The number of nitro groups is 1. The van der Waals surface area contributed by atoms with E-state index in [-0.39, 0.29) is 17.4 Å². The van der Waals surface area contributed by atoms with Gasteiger partial charge in [-0.1, -0.05) is 12.1 Å². The number of furan rings is 1. The Balaban J connectivity index is 1.72. The Morgan fingerprint density at radius 3 is 2.50 bits per heavy atom. The molecule has 0 unspecified atom stereocenters. The highest BCUT2D eigenvalue weighted by Gasteiger charge is 2.08. The van der Waals surface area contributed by atoms with Crippen molar-refractivity contribution >= 4 is 29.1 Å². The van der Waals surface area contributed by atoms with Gasteiger partial charge < -0.3 is 9.73 Å². The molecule has 28 heavy (non-hydrogen) atoms. The van der Waals surface area contributed by atoms with Crippen molar-refractivity contribution in [1.82, 2.24) is 0 Å². The molecule has 7 nitrogen and oxygen atoms in total. The Hall–Kier alpha value is -4.00. The van der Waals surface area contributed by atoms with E-state index < -0.39 is 4.92 Å². The summed E-state index contributed by atoms with van der Waals surface area (Å²) in [4.78, 5) is 33.7. The number of anilines is 1. The molecular formula is C21H16N2O5. The standard InChI is InChI=1S/C21H16N2O5/c1-14(24)22-17-4-2-3-16(13-17)20(25)11-9-19-10-12-21(28-19)15-5-7-18(8-6-15)23(26)27/h2-13H,1H3,(H,22,24)/b11-9+. The van der Waals surface area contributed by atoms with Crippen LogP contribution >= 0.6 is 0 Å². The highest BCUT2D eigenvalue weighted by Crippen LogP contribution is 2.25. The van der Waals surface area contributed by atoms with E-state index in [9.17, 15) is 19.7 Å². The number of hydrogen-bond donors (Lipinski definition) is 1. The molecule has 0 saturated heterocycles. The molecule has 0 aliphatic carbocycles. The van der Waals surface area contributed by atoms with Gasteiger partial charge in [-0.25, -0.2) is 0 Å². The molecule has 1 N–H and O–H groups in total. The maximum absolute atomic E-state index is 12.3. The highest BCUT2D eigenvalue weighted by molar-refractivity contribution is 6.07. The lowest BCUT2D eigenvalue weighted by Gasteiger charge is -2.03. The van der Waals surface area contributed by atoms with Crippen LogP contribution in [0.15, 0.2) is 71.2 Å². The summed E-state index contributed by atoms with van der Waals surface area (Å²) in [6.45, 7) is 1.40. The van der Waals surface area contributed by atoms with Crippen molar-refractivity contribution in [3.05, 3.63) is 88.2 Å². The summed E-state index contributed by atoms with van der Waals surface area (Å²) >= 11 is 0. The summed E-state index contributed by atoms with van der Waals surface area (Å²) in [6.07, 6.45) is 2.92. The minimum atomic E-state index is -0.466. The minimum Gasteiger partial charge on any atom is -0.457 e. The minimum absolute atomic E-state index is 0.00233. The maximum Gasteiger partial charge on any atom is 0.269 e. The van der Waals surface area contributed by atoms with Crippen LogP contribution in [0.4, 0.5) is 11.4 Å². The van der Waals surface area contributed by atoms with Gasteiger partial charge in [-0.2, -0.15) is 0 Å². The van der Waals surface area contributed by atoms with Gasteiger partial charge in [0.1, 0.15) is 11.5 Å². The zero-order valence-electron chi connectivity index (χ0n) is 14.9. The molecule has 0 saturated carbocycles. The summed E-state index contributed by atoms with van der Waals surface area (Å²) in [6, 6.07) is 16.1. The summed E-state index contributed by atoms with van der Waals surface area (Å²) < 4.78 is 5.67. The van der Waals surface area contributed by atoms with E-state index in [1.54, 1.807) is 54.6 Å². The van der Waals surface area contributed by atoms with Crippen molar-refractivity contribution in [2.24, 2.45) is 0 Å². The molecule has 3 rings (SSSR count). The van der Waals surface area contributed by atoms with Crippen molar-refractivity contribution in [3.63, 3.8) is 0 Å². The number of nitrogens with zero attached hydrogens (tertiary/aromatic N) is 1. The van der Waals surface area contributed by atoms with Crippen molar-refractivity contribution in [2.75, 3.05) is 5.32 Å². The number of nitro benzene ring substituents is 1. The van der Waals surface area contributed by atoms with E-state index in [1.165, 1.54) is 25.1 Å². The van der Waals surface area contributed by atoms with Crippen molar-refractivity contribution < 1.29 is 18.9 Å². The van der Waals surface area contributed by atoms with Crippen molar-refractivity contribution in [1.29, 1.82) is 0 Å². The Bertz CT molecular complexity index is 1060. The Labute approximate surface area is 160 Å². The number of hydrogen-bond acceptors (Lipinski definition) is 5. The third-order valence-corrected chi connectivity index (χ3v) is 3.86. The predicted molar refractivity (Wildman–Crippen MR) is 105 cm³/mol.